The number of para-hydroxylation sites is 2. The average Bonchev–Trinajstić information content (AvgIpc) is 3.05. The molecule has 0 bridgehead atoms. The van der Waals surface area contributed by atoms with Crippen molar-refractivity contribution in [2.75, 3.05) is 21.3 Å². The maximum Gasteiger partial charge on any atom is 0.126 e. The van der Waals surface area contributed by atoms with Gasteiger partial charge in [0.25, 0.3) is 0 Å². The summed E-state index contributed by atoms with van der Waals surface area (Å²) in [4.78, 5) is 0. The lowest BCUT2D eigenvalue weighted by Crippen LogP contribution is -2.26. The van der Waals surface area contributed by atoms with Crippen LogP contribution in [0.1, 0.15) is 36.4 Å². The van der Waals surface area contributed by atoms with Gasteiger partial charge < -0.3 is 9.47 Å². The SMILES string of the molecule is COc1ccccc1/C=C1\CCCC2C1=NN(C)C2c1ccccc1OC. The zero-order valence-corrected chi connectivity index (χ0v) is 16.2. The first-order valence-electron chi connectivity index (χ1n) is 9.51. The highest BCUT2D eigenvalue weighted by Crippen LogP contribution is 2.45. The van der Waals surface area contributed by atoms with E-state index in [1.165, 1.54) is 23.3 Å². The third kappa shape index (κ3) is 3.20. The Bertz CT molecular complexity index is 887. The van der Waals surface area contributed by atoms with Crippen LogP contribution in [0.25, 0.3) is 6.08 Å². The van der Waals surface area contributed by atoms with E-state index in [9.17, 15) is 0 Å². The van der Waals surface area contributed by atoms with Gasteiger partial charge in [-0.15, -0.1) is 0 Å². The van der Waals surface area contributed by atoms with Gasteiger partial charge in [-0.3, -0.25) is 5.01 Å². The Morgan fingerprint density at radius 2 is 1.70 bits per heavy atom. The first-order valence-corrected chi connectivity index (χ1v) is 9.51. The molecule has 0 radical (unpaired) electrons. The lowest BCUT2D eigenvalue weighted by Gasteiger charge is -2.29. The Hall–Kier alpha value is -2.75. The van der Waals surface area contributed by atoms with Crippen molar-refractivity contribution >= 4 is 11.8 Å². The molecule has 1 aliphatic carbocycles. The summed E-state index contributed by atoms with van der Waals surface area (Å²) in [6.07, 6.45) is 5.63. The fourth-order valence-corrected chi connectivity index (χ4v) is 4.40. The fourth-order valence-electron chi connectivity index (χ4n) is 4.40. The van der Waals surface area contributed by atoms with Gasteiger partial charge in [0.1, 0.15) is 11.5 Å². The summed E-state index contributed by atoms with van der Waals surface area (Å²) in [5.74, 6) is 2.23. The zero-order chi connectivity index (χ0) is 18.8. The Morgan fingerprint density at radius 1 is 1.00 bits per heavy atom. The molecule has 2 aromatic carbocycles. The van der Waals surface area contributed by atoms with Crippen LogP contribution >= 0.6 is 0 Å². The normalized spacial score (nSPS) is 23.1. The third-order valence-corrected chi connectivity index (χ3v) is 5.62. The molecule has 0 aromatic heterocycles. The van der Waals surface area contributed by atoms with Crippen molar-refractivity contribution in [3.63, 3.8) is 0 Å². The highest BCUT2D eigenvalue weighted by atomic mass is 16.5. The second-order valence-electron chi connectivity index (χ2n) is 7.16. The summed E-state index contributed by atoms with van der Waals surface area (Å²) in [6.45, 7) is 0. The minimum absolute atomic E-state index is 0.220. The van der Waals surface area contributed by atoms with E-state index in [1.54, 1.807) is 14.2 Å². The fraction of sp³-hybridized carbons (Fsp3) is 0.348. The Kier molecular flexibility index (Phi) is 4.88. The van der Waals surface area contributed by atoms with E-state index in [0.717, 1.165) is 29.9 Å². The van der Waals surface area contributed by atoms with E-state index in [0.29, 0.717) is 5.92 Å². The van der Waals surface area contributed by atoms with Crippen molar-refractivity contribution in [2.24, 2.45) is 11.0 Å². The maximum absolute atomic E-state index is 5.63. The molecule has 4 heteroatoms. The molecule has 4 nitrogen and oxygen atoms in total. The molecule has 1 aliphatic heterocycles. The van der Waals surface area contributed by atoms with Crippen molar-refractivity contribution in [1.82, 2.24) is 5.01 Å². The Balaban J connectivity index is 1.70. The maximum atomic E-state index is 5.63. The first-order chi connectivity index (χ1) is 13.2. The molecule has 2 atom stereocenters. The predicted molar refractivity (Wildman–Crippen MR) is 109 cm³/mol. The number of nitrogens with zero attached hydrogens (tertiary/aromatic N) is 2. The molecular formula is C23H26N2O2. The summed E-state index contributed by atoms with van der Waals surface area (Å²) in [5.41, 5.74) is 4.86. The van der Waals surface area contributed by atoms with Gasteiger partial charge in [-0.25, -0.2) is 0 Å². The lowest BCUT2D eigenvalue weighted by atomic mass is 9.77. The molecule has 1 saturated carbocycles. The van der Waals surface area contributed by atoms with Crippen LogP contribution < -0.4 is 9.47 Å². The summed E-state index contributed by atoms with van der Waals surface area (Å²) in [7, 11) is 5.53. The van der Waals surface area contributed by atoms with E-state index in [4.69, 9.17) is 14.6 Å². The van der Waals surface area contributed by atoms with Crippen LogP contribution in [0.15, 0.2) is 59.2 Å². The molecule has 0 saturated heterocycles. The smallest absolute Gasteiger partial charge is 0.126 e. The van der Waals surface area contributed by atoms with E-state index < -0.39 is 0 Å². The van der Waals surface area contributed by atoms with E-state index in [1.807, 2.05) is 24.3 Å². The molecule has 0 spiro atoms. The largest absolute Gasteiger partial charge is 0.496 e. The van der Waals surface area contributed by atoms with Crippen molar-refractivity contribution in [1.29, 1.82) is 0 Å². The van der Waals surface area contributed by atoms with Gasteiger partial charge in [-0.2, -0.15) is 5.10 Å². The number of rotatable bonds is 4. The summed E-state index contributed by atoms with van der Waals surface area (Å²) in [5, 5.41) is 7.07. The third-order valence-electron chi connectivity index (χ3n) is 5.62. The monoisotopic (exact) mass is 362 g/mol. The molecule has 140 valence electrons. The second-order valence-corrected chi connectivity index (χ2v) is 7.16. The zero-order valence-electron chi connectivity index (χ0n) is 16.2. The average molecular weight is 362 g/mol. The number of hydrazone groups is 1. The topological polar surface area (TPSA) is 34.1 Å². The van der Waals surface area contributed by atoms with Crippen molar-refractivity contribution < 1.29 is 9.47 Å². The molecule has 2 aliphatic rings. The summed E-state index contributed by atoms with van der Waals surface area (Å²) in [6, 6.07) is 16.7. The van der Waals surface area contributed by atoms with Crippen LogP contribution in [0, 0.1) is 5.92 Å². The summed E-state index contributed by atoms with van der Waals surface area (Å²) >= 11 is 0. The number of benzene rings is 2. The van der Waals surface area contributed by atoms with Gasteiger partial charge in [0.05, 0.1) is 26.0 Å². The van der Waals surface area contributed by atoms with Gasteiger partial charge in [-0.05, 0) is 43.0 Å². The molecular weight excluding hydrogens is 336 g/mol. The van der Waals surface area contributed by atoms with Crippen LogP contribution in [0.2, 0.25) is 0 Å². The molecule has 4 rings (SSSR count). The second kappa shape index (κ2) is 7.47. The van der Waals surface area contributed by atoms with Gasteiger partial charge in [0, 0.05) is 24.1 Å². The van der Waals surface area contributed by atoms with Crippen molar-refractivity contribution in [3.05, 3.63) is 65.2 Å². The number of fused-ring (bicyclic) bond motifs is 1. The van der Waals surface area contributed by atoms with E-state index in [-0.39, 0.29) is 6.04 Å². The van der Waals surface area contributed by atoms with Gasteiger partial charge in [0.15, 0.2) is 0 Å². The first kappa shape index (κ1) is 17.7. The van der Waals surface area contributed by atoms with Crippen LogP contribution in [0.4, 0.5) is 0 Å². The quantitative estimate of drug-likeness (QED) is 0.773. The molecule has 27 heavy (non-hydrogen) atoms. The number of ether oxygens (including phenoxy) is 2. The van der Waals surface area contributed by atoms with Gasteiger partial charge >= 0.3 is 0 Å². The predicted octanol–water partition coefficient (Wildman–Crippen LogP) is 4.93. The number of allylic oxidation sites excluding steroid dienone is 1. The molecule has 0 amide bonds. The Labute approximate surface area is 161 Å². The molecule has 1 fully saturated rings. The van der Waals surface area contributed by atoms with Crippen LogP contribution in [0.3, 0.4) is 0 Å². The number of methoxy groups -OCH3 is 2. The molecule has 2 aromatic rings. The van der Waals surface area contributed by atoms with Gasteiger partial charge in [-0.1, -0.05) is 36.4 Å². The van der Waals surface area contributed by atoms with Crippen LogP contribution in [-0.2, 0) is 0 Å². The van der Waals surface area contributed by atoms with E-state index >= 15 is 0 Å². The molecule has 0 N–H and O–H groups in total. The number of hydrogen-bond acceptors (Lipinski definition) is 4. The highest BCUT2D eigenvalue weighted by molar-refractivity contribution is 6.07. The minimum atomic E-state index is 0.220. The van der Waals surface area contributed by atoms with Crippen LogP contribution in [-0.4, -0.2) is 32.0 Å². The summed E-state index contributed by atoms with van der Waals surface area (Å²) < 4.78 is 11.2. The molecule has 2 unspecified atom stereocenters. The van der Waals surface area contributed by atoms with Crippen molar-refractivity contribution in [2.45, 2.75) is 25.3 Å². The Morgan fingerprint density at radius 3 is 2.48 bits per heavy atom. The van der Waals surface area contributed by atoms with Crippen molar-refractivity contribution in [3.8, 4) is 11.5 Å². The standard InChI is InChI=1S/C23H26N2O2/c1-25-23(18-11-5-7-14-21(18)27-3)19-12-8-10-17(22(19)24-25)15-16-9-4-6-13-20(16)26-2/h4-7,9,11,13-15,19,23H,8,10,12H2,1-3H3/b17-15+. The van der Waals surface area contributed by atoms with Crippen LogP contribution in [0.5, 0.6) is 11.5 Å². The molecule has 1 heterocycles. The number of hydrogen-bond donors (Lipinski definition) is 0. The minimum Gasteiger partial charge on any atom is -0.496 e. The highest BCUT2D eigenvalue weighted by Gasteiger charge is 2.40. The van der Waals surface area contributed by atoms with Gasteiger partial charge in [0.2, 0.25) is 0 Å². The van der Waals surface area contributed by atoms with E-state index in [2.05, 4.69) is 42.4 Å². The lowest BCUT2D eigenvalue weighted by molar-refractivity contribution is 0.235.